The lowest BCUT2D eigenvalue weighted by molar-refractivity contribution is -0.116. The molecule has 0 aliphatic carbocycles. The van der Waals surface area contributed by atoms with Gasteiger partial charge in [0, 0.05) is 0 Å². The van der Waals surface area contributed by atoms with Crippen LogP contribution in [0.2, 0.25) is 0 Å². The summed E-state index contributed by atoms with van der Waals surface area (Å²) < 4.78 is 0. The van der Waals surface area contributed by atoms with Gasteiger partial charge in [0.25, 0.3) is 0 Å². The summed E-state index contributed by atoms with van der Waals surface area (Å²) in [5.41, 5.74) is 4.61. The predicted octanol–water partition coefficient (Wildman–Crippen LogP) is -0.772. The van der Waals surface area contributed by atoms with Crippen LogP contribution in [0.4, 0.5) is 0 Å². The Hall–Kier alpha value is -0.120. The number of carbonyl (C=O) groups excluding carboxylic acids is 1. The molecule has 0 radical (unpaired) electrons. The molecule has 4 heteroatoms. The van der Waals surface area contributed by atoms with E-state index in [9.17, 15) is 4.79 Å². The molecule has 1 fully saturated rings. The lowest BCUT2D eigenvalue weighted by Gasteiger charge is -1.90. The minimum absolute atomic E-state index is 0.00154. The van der Waals surface area contributed by atoms with E-state index in [0.29, 0.717) is 6.54 Å². The maximum atomic E-state index is 10.3. The van der Waals surface area contributed by atoms with E-state index in [2.05, 4.69) is 10.9 Å². The van der Waals surface area contributed by atoms with Crippen molar-refractivity contribution in [3.05, 3.63) is 0 Å². The third-order valence-electron chi connectivity index (χ3n) is 0.774. The maximum absolute atomic E-state index is 10.3. The third-order valence-corrected chi connectivity index (χ3v) is 1.13. The Labute approximate surface area is 46.0 Å². The Morgan fingerprint density at radius 1 is 1.86 bits per heavy atom. The Bertz CT molecular complexity index is 94.9. The topological polar surface area (TPSA) is 41.1 Å². The monoisotopic (exact) mass is 120 g/mol. The van der Waals surface area contributed by atoms with Gasteiger partial charge in [0.1, 0.15) is 0 Å². The van der Waals surface area contributed by atoms with E-state index in [-0.39, 0.29) is 5.78 Å². The Morgan fingerprint density at radius 2 is 2.57 bits per heavy atom. The van der Waals surface area contributed by atoms with Gasteiger partial charge in [-0.15, -0.1) is 0 Å². The number of carbonyl (C=O) groups is 1. The van der Waals surface area contributed by atoms with Gasteiger partial charge in [0.2, 0.25) is 0 Å². The summed E-state index contributed by atoms with van der Waals surface area (Å²) in [7, 11) is 0. The van der Waals surface area contributed by atoms with Crippen LogP contribution in [0, 0.1) is 0 Å². The molecule has 0 bridgehead atoms. The van der Waals surface area contributed by atoms with E-state index in [1.54, 1.807) is 0 Å². The van der Waals surface area contributed by atoms with Crippen molar-refractivity contribution in [1.29, 1.82) is 0 Å². The van der Waals surface area contributed by atoms with Crippen LogP contribution in [0.5, 0.6) is 0 Å². The fourth-order valence-electron chi connectivity index (χ4n) is 0.398. The smallest absolute Gasteiger partial charge is 0.181 e. The average Bonchev–Trinajstić information content (AvgIpc) is 1.91. The van der Waals surface area contributed by atoms with E-state index >= 15 is 0 Å². The second-order valence-electron chi connectivity index (χ2n) is 1.33. The summed E-state index contributed by atoms with van der Waals surface area (Å²) in [6.07, 6.45) is 0. The van der Waals surface area contributed by atoms with E-state index < -0.39 is 5.50 Å². The largest absolute Gasteiger partial charge is 0.295 e. The number of hydrazine groups is 1. The number of ketones is 1. The highest BCUT2D eigenvalue weighted by Crippen LogP contribution is 1.94. The second kappa shape index (κ2) is 1.78. The van der Waals surface area contributed by atoms with E-state index in [1.807, 2.05) is 0 Å². The van der Waals surface area contributed by atoms with E-state index in [4.69, 9.17) is 11.6 Å². The van der Waals surface area contributed by atoms with Crippen molar-refractivity contribution in [1.82, 2.24) is 10.9 Å². The molecule has 3 nitrogen and oxygen atoms in total. The van der Waals surface area contributed by atoms with Gasteiger partial charge in [0.15, 0.2) is 11.3 Å². The molecule has 2 N–H and O–H groups in total. The minimum Gasteiger partial charge on any atom is -0.295 e. The van der Waals surface area contributed by atoms with E-state index in [1.165, 1.54) is 0 Å². The molecule has 0 amide bonds. The van der Waals surface area contributed by atoms with E-state index in [0.717, 1.165) is 0 Å². The first-order chi connectivity index (χ1) is 3.30. The third kappa shape index (κ3) is 0.907. The molecule has 1 atom stereocenters. The highest BCUT2D eigenvalue weighted by atomic mass is 35.5. The fraction of sp³-hybridized carbons (Fsp3) is 0.667. The number of rotatable bonds is 0. The zero-order valence-corrected chi connectivity index (χ0v) is 4.33. The van der Waals surface area contributed by atoms with Gasteiger partial charge in [0.05, 0.1) is 6.54 Å². The molecule has 7 heavy (non-hydrogen) atoms. The van der Waals surface area contributed by atoms with Crippen molar-refractivity contribution in [3.63, 3.8) is 0 Å². The molecule has 1 unspecified atom stereocenters. The molecule has 40 valence electrons. The predicted molar refractivity (Wildman–Crippen MR) is 25.8 cm³/mol. The number of nitrogens with one attached hydrogen (secondary N) is 2. The van der Waals surface area contributed by atoms with Crippen LogP contribution >= 0.6 is 11.6 Å². The van der Waals surface area contributed by atoms with Gasteiger partial charge >= 0.3 is 0 Å². The summed E-state index contributed by atoms with van der Waals surface area (Å²) in [4.78, 5) is 10.3. The van der Waals surface area contributed by atoms with Crippen molar-refractivity contribution < 1.29 is 4.79 Å². The molecule has 1 rings (SSSR count). The molecule has 0 saturated carbocycles. The van der Waals surface area contributed by atoms with Crippen molar-refractivity contribution in [2.45, 2.75) is 5.50 Å². The second-order valence-corrected chi connectivity index (χ2v) is 1.76. The average molecular weight is 121 g/mol. The Morgan fingerprint density at radius 3 is 2.71 bits per heavy atom. The summed E-state index contributed by atoms with van der Waals surface area (Å²) in [5.74, 6) is 0.00154. The Kier molecular flexibility index (Phi) is 1.27. The van der Waals surface area contributed by atoms with Gasteiger partial charge in [-0.3, -0.25) is 4.79 Å². The number of Topliss-reactive ketones (excluding diaryl/α,β-unsaturated/α-hetero) is 1. The maximum Gasteiger partial charge on any atom is 0.181 e. The highest BCUT2D eigenvalue weighted by Gasteiger charge is 2.19. The first-order valence-corrected chi connectivity index (χ1v) is 2.39. The van der Waals surface area contributed by atoms with Crippen LogP contribution in [0.15, 0.2) is 0 Å². The van der Waals surface area contributed by atoms with Crippen LogP contribution in [0.3, 0.4) is 0 Å². The van der Waals surface area contributed by atoms with Crippen LogP contribution in [0.25, 0.3) is 0 Å². The van der Waals surface area contributed by atoms with Gasteiger partial charge in [-0.1, -0.05) is 11.6 Å². The molecular formula is C3H5ClN2O. The molecule has 1 aliphatic heterocycles. The molecule has 0 aromatic rings. The zero-order chi connectivity index (χ0) is 5.28. The minimum atomic E-state index is -0.514. The van der Waals surface area contributed by atoms with Crippen molar-refractivity contribution in [2.24, 2.45) is 0 Å². The lowest BCUT2D eigenvalue weighted by atomic mass is 10.4. The van der Waals surface area contributed by atoms with Gasteiger partial charge in [-0.05, 0) is 0 Å². The van der Waals surface area contributed by atoms with Crippen LogP contribution in [-0.2, 0) is 4.79 Å². The van der Waals surface area contributed by atoms with Gasteiger partial charge in [-0.2, -0.15) is 0 Å². The molecule has 1 aliphatic rings. The molecule has 1 saturated heterocycles. The van der Waals surface area contributed by atoms with Crippen molar-refractivity contribution in [3.8, 4) is 0 Å². The first-order valence-electron chi connectivity index (χ1n) is 1.96. The molecule has 0 aromatic heterocycles. The van der Waals surface area contributed by atoms with Crippen LogP contribution in [0.1, 0.15) is 0 Å². The summed E-state index contributed by atoms with van der Waals surface area (Å²) >= 11 is 5.34. The SMILES string of the molecule is O=C1CNNC1Cl. The zero-order valence-electron chi connectivity index (χ0n) is 3.57. The molecule has 1 heterocycles. The fourth-order valence-corrected chi connectivity index (χ4v) is 0.552. The number of halogens is 1. The molecule has 0 spiro atoms. The van der Waals surface area contributed by atoms with Crippen LogP contribution < -0.4 is 10.9 Å². The summed E-state index contributed by atoms with van der Waals surface area (Å²) in [6.45, 7) is 0.341. The lowest BCUT2D eigenvalue weighted by Crippen LogP contribution is -2.26. The van der Waals surface area contributed by atoms with Gasteiger partial charge < -0.3 is 0 Å². The standard InChI is InChI=1S/C3H5ClN2O/c4-3-2(7)1-5-6-3/h3,5-6H,1H2. The van der Waals surface area contributed by atoms with Gasteiger partial charge in [-0.25, -0.2) is 10.9 Å². The highest BCUT2D eigenvalue weighted by molar-refractivity contribution is 6.31. The number of alkyl halides is 1. The normalized spacial score (nSPS) is 31.6. The summed E-state index contributed by atoms with van der Waals surface area (Å²) in [6, 6.07) is 0. The quantitative estimate of drug-likeness (QED) is 0.326. The number of hydrogen-bond acceptors (Lipinski definition) is 3. The molecule has 0 aromatic carbocycles. The van der Waals surface area contributed by atoms with Crippen LogP contribution in [-0.4, -0.2) is 17.8 Å². The molecular weight excluding hydrogens is 115 g/mol. The first kappa shape index (κ1) is 5.03. The number of hydrogen-bond donors (Lipinski definition) is 2. The summed E-state index contributed by atoms with van der Waals surface area (Å²) in [5, 5.41) is 0. The van der Waals surface area contributed by atoms with Crippen molar-refractivity contribution >= 4 is 17.4 Å². The Balaban J connectivity index is 2.48. The van der Waals surface area contributed by atoms with Crippen molar-refractivity contribution in [2.75, 3.05) is 6.54 Å².